The van der Waals surface area contributed by atoms with Gasteiger partial charge in [-0.1, -0.05) is 38.7 Å². The Bertz CT molecular complexity index is 561. The van der Waals surface area contributed by atoms with E-state index in [0.29, 0.717) is 10.4 Å². The van der Waals surface area contributed by atoms with E-state index >= 15 is 0 Å². The molecule has 2 aliphatic rings. The van der Waals surface area contributed by atoms with Gasteiger partial charge in [0.2, 0.25) is 0 Å². The summed E-state index contributed by atoms with van der Waals surface area (Å²) in [6, 6.07) is 5.70. The van der Waals surface area contributed by atoms with E-state index in [9.17, 15) is 8.78 Å². The average molecular weight is 429 g/mol. The van der Waals surface area contributed by atoms with Crippen molar-refractivity contribution in [2.24, 2.45) is 17.8 Å². The van der Waals surface area contributed by atoms with Crippen molar-refractivity contribution in [1.82, 2.24) is 0 Å². The van der Waals surface area contributed by atoms with Crippen LogP contribution in [0.2, 0.25) is 0 Å². The largest absolute Gasteiger partial charge is 0.434 e. The van der Waals surface area contributed by atoms with E-state index in [1.807, 2.05) is 6.07 Å². The van der Waals surface area contributed by atoms with Gasteiger partial charge in [0.25, 0.3) is 0 Å². The number of alkyl halides is 2. The molecule has 0 aliphatic heterocycles. The van der Waals surface area contributed by atoms with E-state index in [1.54, 1.807) is 6.07 Å². The Morgan fingerprint density at radius 1 is 1.00 bits per heavy atom. The molecule has 1 aromatic rings. The van der Waals surface area contributed by atoms with Crippen molar-refractivity contribution in [2.45, 2.75) is 83.7 Å². The van der Waals surface area contributed by atoms with Crippen LogP contribution in [-0.4, -0.2) is 6.61 Å². The minimum absolute atomic E-state index is 0.258. The first kappa shape index (κ1) is 20.1. The molecule has 0 amide bonds. The van der Waals surface area contributed by atoms with Crippen molar-refractivity contribution >= 4 is 15.9 Å². The smallest absolute Gasteiger partial charge is 0.387 e. The van der Waals surface area contributed by atoms with Gasteiger partial charge in [0, 0.05) is 0 Å². The highest BCUT2D eigenvalue weighted by atomic mass is 79.9. The van der Waals surface area contributed by atoms with Gasteiger partial charge >= 0.3 is 6.61 Å². The van der Waals surface area contributed by atoms with Crippen molar-refractivity contribution in [1.29, 1.82) is 0 Å². The molecular formula is C22H31BrF2O. The first-order chi connectivity index (χ1) is 12.6. The lowest BCUT2D eigenvalue weighted by molar-refractivity contribution is -0.0504. The van der Waals surface area contributed by atoms with Gasteiger partial charge in [-0.25, -0.2) is 0 Å². The van der Waals surface area contributed by atoms with Crippen molar-refractivity contribution in [3.63, 3.8) is 0 Å². The van der Waals surface area contributed by atoms with Crippen LogP contribution in [-0.2, 0) is 0 Å². The maximum absolute atomic E-state index is 12.6. The summed E-state index contributed by atoms with van der Waals surface area (Å²) in [4.78, 5) is 0. The highest BCUT2D eigenvalue weighted by Crippen LogP contribution is 2.45. The average Bonchev–Trinajstić information content (AvgIpc) is 2.64. The lowest BCUT2D eigenvalue weighted by atomic mass is 9.68. The van der Waals surface area contributed by atoms with Gasteiger partial charge in [0.05, 0.1) is 4.47 Å². The number of ether oxygens (including phenoxy) is 1. The normalized spacial score (nSPS) is 29.7. The van der Waals surface area contributed by atoms with Crippen LogP contribution >= 0.6 is 15.9 Å². The number of hydrogen-bond donors (Lipinski definition) is 0. The molecule has 146 valence electrons. The maximum Gasteiger partial charge on any atom is 0.387 e. The summed E-state index contributed by atoms with van der Waals surface area (Å²) in [6.07, 6.45) is 13.4. The third-order valence-electron chi connectivity index (χ3n) is 6.67. The van der Waals surface area contributed by atoms with Crippen molar-refractivity contribution in [3.05, 3.63) is 28.2 Å². The van der Waals surface area contributed by atoms with Crippen molar-refractivity contribution in [3.8, 4) is 5.75 Å². The number of rotatable bonds is 6. The molecule has 1 nitrogen and oxygen atoms in total. The van der Waals surface area contributed by atoms with E-state index in [4.69, 9.17) is 0 Å². The second-order valence-electron chi connectivity index (χ2n) is 8.25. The van der Waals surface area contributed by atoms with Gasteiger partial charge in [-0.05, 0) is 95.8 Å². The molecule has 0 saturated heterocycles. The van der Waals surface area contributed by atoms with Crippen LogP contribution in [0.4, 0.5) is 8.78 Å². The molecule has 0 bridgehead atoms. The Morgan fingerprint density at radius 3 is 2.19 bits per heavy atom. The van der Waals surface area contributed by atoms with Crippen LogP contribution in [0.3, 0.4) is 0 Å². The predicted octanol–water partition coefficient (Wildman–Crippen LogP) is 7.93. The summed E-state index contributed by atoms with van der Waals surface area (Å²) in [7, 11) is 0. The van der Waals surface area contributed by atoms with Gasteiger partial charge in [0.15, 0.2) is 0 Å². The Kier molecular flexibility index (Phi) is 7.36. The van der Waals surface area contributed by atoms with Crippen molar-refractivity contribution in [2.75, 3.05) is 0 Å². The van der Waals surface area contributed by atoms with Gasteiger partial charge in [0.1, 0.15) is 5.75 Å². The lowest BCUT2D eigenvalue weighted by Crippen LogP contribution is -2.25. The fourth-order valence-electron chi connectivity index (χ4n) is 5.24. The summed E-state index contributed by atoms with van der Waals surface area (Å²) in [6.45, 7) is -0.479. The maximum atomic E-state index is 12.6. The second-order valence-corrected chi connectivity index (χ2v) is 9.10. The second kappa shape index (κ2) is 9.52. The standard InChI is InChI=1S/C22H31BrF2O/c1-2-3-15-4-6-16(7-5-15)17-8-10-18(11-9-17)19-12-13-20(23)21(14-19)26-22(24)25/h12-18,22H,2-11H2,1H3/t15-,16-,17?,18?. The minimum atomic E-state index is -2.78. The molecule has 2 aliphatic carbocycles. The molecular weight excluding hydrogens is 398 g/mol. The zero-order valence-electron chi connectivity index (χ0n) is 15.7. The SMILES string of the molecule is CCC[C@H]1CC[C@H](C2CCC(c3ccc(Br)c(OC(F)F)c3)CC2)CC1. The number of halogens is 3. The zero-order valence-corrected chi connectivity index (χ0v) is 17.3. The molecule has 0 unspecified atom stereocenters. The summed E-state index contributed by atoms with van der Waals surface area (Å²) >= 11 is 3.30. The van der Waals surface area contributed by atoms with E-state index in [-0.39, 0.29) is 5.75 Å². The highest BCUT2D eigenvalue weighted by molar-refractivity contribution is 9.10. The summed E-state index contributed by atoms with van der Waals surface area (Å²) in [5, 5.41) is 0. The highest BCUT2D eigenvalue weighted by Gasteiger charge is 2.31. The molecule has 0 spiro atoms. The zero-order chi connectivity index (χ0) is 18.5. The molecule has 2 fully saturated rings. The van der Waals surface area contributed by atoms with Gasteiger partial charge in [-0.3, -0.25) is 0 Å². The molecule has 1 aromatic carbocycles. The Hall–Kier alpha value is -0.640. The minimum Gasteiger partial charge on any atom is -0.434 e. The van der Waals surface area contributed by atoms with Crippen molar-refractivity contribution < 1.29 is 13.5 Å². The topological polar surface area (TPSA) is 9.23 Å². The molecule has 3 rings (SSSR count). The molecule has 0 heterocycles. The molecule has 2 saturated carbocycles. The molecule has 0 N–H and O–H groups in total. The summed E-state index contributed by atoms with van der Waals surface area (Å²) in [5.74, 6) is 3.51. The first-order valence-corrected chi connectivity index (χ1v) is 11.1. The Morgan fingerprint density at radius 2 is 1.62 bits per heavy atom. The first-order valence-electron chi connectivity index (χ1n) is 10.3. The predicted molar refractivity (Wildman–Crippen MR) is 106 cm³/mol. The van der Waals surface area contributed by atoms with Gasteiger partial charge < -0.3 is 4.74 Å². The van der Waals surface area contributed by atoms with Crippen LogP contribution in [0.15, 0.2) is 22.7 Å². The third kappa shape index (κ3) is 5.21. The summed E-state index contributed by atoms with van der Waals surface area (Å²) in [5.41, 5.74) is 1.15. The summed E-state index contributed by atoms with van der Waals surface area (Å²) < 4.78 is 30.4. The van der Waals surface area contributed by atoms with Crippen LogP contribution < -0.4 is 4.74 Å². The fraction of sp³-hybridized carbons (Fsp3) is 0.727. The third-order valence-corrected chi connectivity index (χ3v) is 7.32. The monoisotopic (exact) mass is 428 g/mol. The molecule has 4 heteroatoms. The van der Waals surface area contributed by atoms with Gasteiger partial charge in [-0.15, -0.1) is 0 Å². The number of benzene rings is 1. The molecule has 0 radical (unpaired) electrons. The van der Waals surface area contributed by atoms with E-state index in [2.05, 4.69) is 33.7 Å². The van der Waals surface area contributed by atoms with Gasteiger partial charge in [-0.2, -0.15) is 8.78 Å². The van der Waals surface area contributed by atoms with E-state index in [1.165, 1.54) is 64.2 Å². The van der Waals surface area contributed by atoms with Crippen LogP contribution in [0.5, 0.6) is 5.75 Å². The lowest BCUT2D eigenvalue weighted by Gasteiger charge is -2.38. The number of hydrogen-bond acceptors (Lipinski definition) is 1. The Labute approximate surface area is 165 Å². The van der Waals surface area contributed by atoms with Crippen LogP contribution in [0, 0.1) is 17.8 Å². The molecule has 0 aromatic heterocycles. The Balaban J connectivity index is 1.52. The quantitative estimate of drug-likeness (QED) is 0.446. The molecule has 26 heavy (non-hydrogen) atoms. The van der Waals surface area contributed by atoms with E-state index in [0.717, 1.165) is 23.3 Å². The molecule has 0 atom stereocenters. The van der Waals surface area contributed by atoms with E-state index < -0.39 is 6.61 Å². The fourth-order valence-corrected chi connectivity index (χ4v) is 5.58. The van der Waals surface area contributed by atoms with Crippen LogP contribution in [0.25, 0.3) is 0 Å². The van der Waals surface area contributed by atoms with Crippen LogP contribution in [0.1, 0.15) is 82.6 Å².